The highest BCUT2D eigenvalue weighted by Gasteiger charge is 2.30. The Morgan fingerprint density at radius 2 is 1.88 bits per heavy atom. The Morgan fingerprint density at radius 3 is 2.60 bits per heavy atom. The maximum atomic E-state index is 15.3. The SMILES string of the molecule is CC(C)(C)[Si]OC(C)(C)c1csc(C(O)c2cc(-c3ncnc4cc(N5CCOCC5)ncc34)c(F)cc2Cl)n1. The molecule has 0 amide bonds. The van der Waals surface area contributed by atoms with Crippen molar-refractivity contribution >= 4 is 49.4 Å². The van der Waals surface area contributed by atoms with Gasteiger partial charge in [0.1, 0.15) is 29.1 Å². The first-order valence-corrected chi connectivity index (χ1v) is 15.1. The molecular formula is C28H31ClFN5O3SSi. The molecule has 4 heterocycles. The summed E-state index contributed by atoms with van der Waals surface area (Å²) in [6.07, 6.45) is 1.90. The Hall–Kier alpha value is -2.54. The van der Waals surface area contributed by atoms with Gasteiger partial charge < -0.3 is 19.2 Å². The van der Waals surface area contributed by atoms with Crippen LogP contribution in [0.25, 0.3) is 22.2 Å². The number of fused-ring (bicyclic) bond motifs is 1. The fourth-order valence-electron chi connectivity index (χ4n) is 4.23. The standard InChI is InChI=1S/C28H31ClFN5O3SSi/c1-27(2,3)40-38-28(4,5)22-14-39-26(34-22)25(36)16-10-17(20(30)11-19(16)29)24-18-13-31-23(12-21(18)32-15-33-24)35-6-8-37-9-7-35/h10-15,25,36H,6-9H2,1-5H3. The smallest absolute Gasteiger partial charge is 0.237 e. The third kappa shape index (κ3) is 6.19. The number of aliphatic hydroxyl groups excluding tert-OH is 1. The molecule has 1 atom stereocenters. The summed E-state index contributed by atoms with van der Waals surface area (Å²) in [7, 11) is 0.280. The van der Waals surface area contributed by atoms with Gasteiger partial charge in [0.25, 0.3) is 0 Å². The van der Waals surface area contributed by atoms with Gasteiger partial charge in [0, 0.05) is 52.3 Å². The van der Waals surface area contributed by atoms with Crippen LogP contribution in [0.4, 0.5) is 10.2 Å². The van der Waals surface area contributed by atoms with Crippen LogP contribution in [0.15, 0.2) is 36.1 Å². The Kier molecular flexibility index (Phi) is 8.24. The minimum Gasteiger partial charge on any atom is -0.406 e. The molecule has 0 spiro atoms. The van der Waals surface area contributed by atoms with Gasteiger partial charge >= 0.3 is 0 Å². The van der Waals surface area contributed by atoms with Crippen LogP contribution in [0, 0.1) is 5.82 Å². The number of morpholine rings is 1. The number of hydrogen-bond acceptors (Lipinski definition) is 9. The summed E-state index contributed by atoms with van der Waals surface area (Å²) in [4.78, 5) is 20.2. The van der Waals surface area contributed by atoms with Crippen LogP contribution in [0.1, 0.15) is 57.0 Å². The van der Waals surface area contributed by atoms with E-state index in [9.17, 15) is 5.11 Å². The Morgan fingerprint density at radius 1 is 1.12 bits per heavy atom. The Bertz CT molecular complexity index is 1520. The lowest BCUT2D eigenvalue weighted by molar-refractivity contribution is 0.104. The van der Waals surface area contributed by atoms with Crippen LogP contribution < -0.4 is 4.90 Å². The van der Waals surface area contributed by atoms with E-state index in [0.29, 0.717) is 46.1 Å². The minimum atomic E-state index is -1.16. The average Bonchev–Trinajstić information content (AvgIpc) is 3.43. The van der Waals surface area contributed by atoms with Gasteiger partial charge in [-0.25, -0.2) is 24.3 Å². The van der Waals surface area contributed by atoms with Crippen LogP contribution in [0.5, 0.6) is 0 Å². The molecule has 0 aliphatic carbocycles. The summed E-state index contributed by atoms with van der Waals surface area (Å²) in [5.41, 5.74) is 1.61. The average molecular weight is 600 g/mol. The maximum Gasteiger partial charge on any atom is 0.237 e. The number of aliphatic hydroxyl groups is 1. The molecule has 1 saturated heterocycles. The highest BCUT2D eigenvalue weighted by Crippen LogP contribution is 2.38. The molecule has 1 aromatic carbocycles. The first-order chi connectivity index (χ1) is 18.9. The third-order valence-corrected chi connectivity index (χ3v) is 8.91. The molecule has 1 unspecified atom stereocenters. The van der Waals surface area contributed by atoms with Gasteiger partial charge in [-0.1, -0.05) is 32.4 Å². The third-order valence-electron chi connectivity index (χ3n) is 6.46. The first-order valence-electron chi connectivity index (χ1n) is 12.9. The van der Waals surface area contributed by atoms with Gasteiger partial charge in [-0.2, -0.15) is 0 Å². The fourth-order valence-corrected chi connectivity index (χ4v) is 6.13. The summed E-state index contributed by atoms with van der Waals surface area (Å²) in [5.74, 6) is 0.221. The number of thiazole rings is 1. The monoisotopic (exact) mass is 599 g/mol. The summed E-state index contributed by atoms with van der Waals surface area (Å²) in [6, 6.07) is 4.60. The van der Waals surface area contributed by atoms with E-state index < -0.39 is 17.5 Å². The van der Waals surface area contributed by atoms with E-state index in [0.717, 1.165) is 18.9 Å². The molecule has 40 heavy (non-hydrogen) atoms. The lowest BCUT2D eigenvalue weighted by atomic mass is 10.0. The van der Waals surface area contributed by atoms with E-state index in [1.54, 1.807) is 6.20 Å². The number of nitrogens with zero attached hydrogens (tertiary/aromatic N) is 5. The molecule has 12 heteroatoms. The Labute approximate surface area is 244 Å². The number of aromatic nitrogens is 4. The zero-order chi connectivity index (χ0) is 28.7. The number of pyridine rings is 1. The number of rotatable bonds is 7. The number of halogens is 2. The molecule has 8 nitrogen and oxygen atoms in total. The molecule has 2 radical (unpaired) electrons. The second-order valence-corrected chi connectivity index (χ2v) is 14.4. The molecule has 3 aromatic heterocycles. The van der Waals surface area contributed by atoms with Crippen molar-refractivity contribution in [1.82, 2.24) is 19.9 Å². The Balaban J connectivity index is 1.47. The molecule has 1 aliphatic rings. The van der Waals surface area contributed by atoms with Gasteiger partial charge in [-0.05, 0) is 31.0 Å². The number of benzene rings is 1. The summed E-state index contributed by atoms with van der Waals surface area (Å²) in [5, 5.41) is 14.3. The van der Waals surface area contributed by atoms with Crippen molar-refractivity contribution in [2.45, 2.75) is 51.4 Å². The number of hydrogen-bond donors (Lipinski definition) is 1. The van der Waals surface area contributed by atoms with Crippen molar-refractivity contribution in [3.8, 4) is 11.3 Å². The van der Waals surface area contributed by atoms with Crippen LogP contribution in [0.3, 0.4) is 0 Å². The quantitative estimate of drug-likeness (QED) is 0.261. The van der Waals surface area contributed by atoms with Crippen LogP contribution in [0.2, 0.25) is 10.1 Å². The maximum absolute atomic E-state index is 15.3. The largest absolute Gasteiger partial charge is 0.406 e. The topological polar surface area (TPSA) is 93.5 Å². The first kappa shape index (κ1) is 29.0. The second-order valence-electron chi connectivity index (χ2n) is 11.2. The van der Waals surface area contributed by atoms with Crippen molar-refractivity contribution in [2.75, 3.05) is 31.2 Å². The van der Waals surface area contributed by atoms with E-state index >= 15 is 4.39 Å². The lowest BCUT2D eigenvalue weighted by Crippen LogP contribution is -2.36. The predicted molar refractivity (Wildman–Crippen MR) is 157 cm³/mol. The highest BCUT2D eigenvalue weighted by molar-refractivity contribution is 7.09. The van der Waals surface area contributed by atoms with E-state index in [4.69, 9.17) is 20.8 Å². The van der Waals surface area contributed by atoms with E-state index in [1.165, 1.54) is 29.8 Å². The highest BCUT2D eigenvalue weighted by atomic mass is 35.5. The lowest BCUT2D eigenvalue weighted by Gasteiger charge is -2.27. The number of ether oxygens (including phenoxy) is 1. The van der Waals surface area contributed by atoms with Gasteiger partial charge in [0.05, 0.1) is 35.7 Å². The molecule has 5 rings (SSSR count). The van der Waals surface area contributed by atoms with Crippen molar-refractivity contribution in [1.29, 1.82) is 0 Å². The predicted octanol–water partition coefficient (Wildman–Crippen LogP) is 5.95. The van der Waals surface area contributed by atoms with E-state index in [2.05, 4.69) is 45.6 Å². The van der Waals surface area contributed by atoms with E-state index in [-0.39, 0.29) is 25.4 Å². The van der Waals surface area contributed by atoms with Crippen LogP contribution >= 0.6 is 22.9 Å². The molecule has 0 bridgehead atoms. The van der Waals surface area contributed by atoms with E-state index in [1.807, 2.05) is 25.3 Å². The normalized spacial score (nSPS) is 15.6. The zero-order valence-electron chi connectivity index (χ0n) is 23.0. The van der Waals surface area contributed by atoms with Crippen molar-refractivity contribution in [3.63, 3.8) is 0 Å². The van der Waals surface area contributed by atoms with Crippen molar-refractivity contribution in [3.05, 3.63) is 63.2 Å². The molecule has 210 valence electrons. The van der Waals surface area contributed by atoms with Gasteiger partial charge in [0.2, 0.25) is 9.76 Å². The van der Waals surface area contributed by atoms with Gasteiger partial charge in [0.15, 0.2) is 0 Å². The van der Waals surface area contributed by atoms with Crippen molar-refractivity contribution < 1.29 is 18.7 Å². The molecular weight excluding hydrogens is 569 g/mol. The van der Waals surface area contributed by atoms with Gasteiger partial charge in [-0.15, -0.1) is 11.3 Å². The minimum absolute atomic E-state index is 0.0262. The zero-order valence-corrected chi connectivity index (χ0v) is 25.6. The van der Waals surface area contributed by atoms with Crippen molar-refractivity contribution in [2.24, 2.45) is 0 Å². The second kappa shape index (κ2) is 11.4. The summed E-state index contributed by atoms with van der Waals surface area (Å²) >= 11 is 7.75. The van der Waals surface area contributed by atoms with Crippen LogP contribution in [-0.2, 0) is 14.8 Å². The van der Waals surface area contributed by atoms with Crippen LogP contribution in [-0.4, -0.2) is 61.1 Å². The molecule has 1 aliphatic heterocycles. The summed E-state index contributed by atoms with van der Waals surface area (Å²) < 4.78 is 26.9. The molecule has 4 aromatic rings. The number of anilines is 1. The molecule has 1 N–H and O–H groups in total. The molecule has 0 saturated carbocycles. The molecule has 1 fully saturated rings. The van der Waals surface area contributed by atoms with Gasteiger partial charge in [-0.3, -0.25) is 0 Å². The fraction of sp³-hybridized carbons (Fsp3) is 0.429. The summed E-state index contributed by atoms with van der Waals surface area (Å²) in [6.45, 7) is 13.0.